The van der Waals surface area contributed by atoms with Crippen molar-refractivity contribution in [3.8, 4) is 16.9 Å². The second-order valence-corrected chi connectivity index (χ2v) is 3.79. The molecule has 0 aliphatic rings. The largest absolute Gasteiger partial charge is 0.497 e. The van der Waals surface area contributed by atoms with Gasteiger partial charge >= 0.3 is 0 Å². The Labute approximate surface area is 98.4 Å². The fourth-order valence-corrected chi connectivity index (χ4v) is 1.66. The van der Waals surface area contributed by atoms with Crippen LogP contribution >= 0.6 is 11.6 Å². The maximum Gasteiger partial charge on any atom is 0.131 e. The highest BCUT2D eigenvalue weighted by Gasteiger charge is 2.05. The minimum atomic E-state index is -0.283. The van der Waals surface area contributed by atoms with Crippen LogP contribution in [-0.2, 0) is 0 Å². The van der Waals surface area contributed by atoms with E-state index >= 15 is 0 Å². The number of hydrogen-bond acceptors (Lipinski definition) is 1. The molecule has 2 aromatic carbocycles. The molecular formula is C13H10ClFO. The summed E-state index contributed by atoms with van der Waals surface area (Å²) in [5, 5.41) is 0.521. The van der Waals surface area contributed by atoms with Gasteiger partial charge in [-0.15, -0.1) is 0 Å². The van der Waals surface area contributed by atoms with Gasteiger partial charge in [-0.1, -0.05) is 23.7 Å². The Balaban J connectivity index is 2.45. The molecule has 0 aliphatic heterocycles. The van der Waals surface area contributed by atoms with Crippen LogP contribution in [0.2, 0.25) is 5.02 Å². The van der Waals surface area contributed by atoms with Crippen LogP contribution in [0, 0.1) is 5.82 Å². The summed E-state index contributed by atoms with van der Waals surface area (Å²) in [4.78, 5) is 0. The maximum atomic E-state index is 13.5. The van der Waals surface area contributed by atoms with Crippen molar-refractivity contribution in [1.82, 2.24) is 0 Å². The Morgan fingerprint density at radius 2 is 1.75 bits per heavy atom. The first-order chi connectivity index (χ1) is 7.70. The lowest BCUT2D eigenvalue weighted by atomic mass is 10.1. The maximum absolute atomic E-state index is 13.5. The number of ether oxygens (including phenoxy) is 1. The van der Waals surface area contributed by atoms with Crippen LogP contribution in [0.3, 0.4) is 0 Å². The van der Waals surface area contributed by atoms with Crippen molar-refractivity contribution in [2.24, 2.45) is 0 Å². The second kappa shape index (κ2) is 4.54. The normalized spacial score (nSPS) is 10.2. The number of hydrogen-bond donors (Lipinski definition) is 0. The quantitative estimate of drug-likeness (QED) is 0.761. The first-order valence-corrected chi connectivity index (χ1v) is 5.18. The van der Waals surface area contributed by atoms with E-state index < -0.39 is 0 Å². The highest BCUT2D eigenvalue weighted by Crippen LogP contribution is 2.27. The van der Waals surface area contributed by atoms with E-state index in [4.69, 9.17) is 16.3 Å². The van der Waals surface area contributed by atoms with Gasteiger partial charge in [0.05, 0.1) is 7.11 Å². The molecule has 3 heteroatoms. The lowest BCUT2D eigenvalue weighted by Crippen LogP contribution is -1.86. The van der Waals surface area contributed by atoms with Crippen LogP contribution in [0.1, 0.15) is 0 Å². The number of halogens is 2. The highest BCUT2D eigenvalue weighted by molar-refractivity contribution is 6.30. The smallest absolute Gasteiger partial charge is 0.131 e. The molecule has 16 heavy (non-hydrogen) atoms. The van der Waals surface area contributed by atoms with Gasteiger partial charge in [0.2, 0.25) is 0 Å². The van der Waals surface area contributed by atoms with Crippen LogP contribution in [-0.4, -0.2) is 7.11 Å². The van der Waals surface area contributed by atoms with Gasteiger partial charge in [0.25, 0.3) is 0 Å². The third kappa shape index (κ3) is 2.17. The van der Waals surface area contributed by atoms with Gasteiger partial charge in [-0.2, -0.15) is 0 Å². The Hall–Kier alpha value is -1.54. The summed E-state index contributed by atoms with van der Waals surface area (Å²) < 4.78 is 18.6. The first-order valence-electron chi connectivity index (χ1n) is 4.80. The molecule has 1 nitrogen and oxygen atoms in total. The van der Waals surface area contributed by atoms with Crippen LogP contribution in [0.15, 0.2) is 42.5 Å². The Morgan fingerprint density at radius 3 is 2.38 bits per heavy atom. The molecular weight excluding hydrogens is 227 g/mol. The zero-order valence-electron chi connectivity index (χ0n) is 8.71. The Kier molecular flexibility index (Phi) is 3.11. The van der Waals surface area contributed by atoms with Crippen LogP contribution in [0.5, 0.6) is 5.75 Å². The van der Waals surface area contributed by atoms with E-state index in [9.17, 15) is 4.39 Å². The van der Waals surface area contributed by atoms with E-state index in [-0.39, 0.29) is 5.82 Å². The molecule has 0 aromatic heterocycles. The van der Waals surface area contributed by atoms with Crippen molar-refractivity contribution in [2.45, 2.75) is 0 Å². The average molecular weight is 237 g/mol. The summed E-state index contributed by atoms with van der Waals surface area (Å²) in [6.07, 6.45) is 0. The third-order valence-corrected chi connectivity index (χ3v) is 2.56. The molecule has 2 rings (SSSR count). The molecule has 0 atom stereocenters. The van der Waals surface area contributed by atoms with E-state index in [0.29, 0.717) is 10.6 Å². The van der Waals surface area contributed by atoms with Crippen LogP contribution in [0.4, 0.5) is 4.39 Å². The van der Waals surface area contributed by atoms with E-state index in [1.807, 2.05) is 0 Å². The molecule has 0 saturated heterocycles. The fourth-order valence-electron chi connectivity index (χ4n) is 1.49. The standard InChI is InChI=1S/C13H10ClFO/c1-16-11-5-2-9(3-6-11)12-8-10(14)4-7-13(12)15/h2-8H,1H3. The zero-order valence-corrected chi connectivity index (χ0v) is 9.46. The zero-order chi connectivity index (χ0) is 11.5. The molecule has 2 aromatic rings. The topological polar surface area (TPSA) is 9.23 Å². The van der Waals surface area contributed by atoms with E-state index in [1.165, 1.54) is 12.1 Å². The van der Waals surface area contributed by atoms with Crippen LogP contribution in [0.25, 0.3) is 11.1 Å². The highest BCUT2D eigenvalue weighted by atomic mass is 35.5. The summed E-state index contributed by atoms with van der Waals surface area (Å²) >= 11 is 5.83. The molecule has 0 heterocycles. The summed E-state index contributed by atoms with van der Waals surface area (Å²) in [6.45, 7) is 0. The minimum Gasteiger partial charge on any atom is -0.497 e. The summed E-state index contributed by atoms with van der Waals surface area (Å²) in [5.74, 6) is 0.459. The van der Waals surface area contributed by atoms with Gasteiger partial charge in [0.1, 0.15) is 11.6 Å². The van der Waals surface area contributed by atoms with Gasteiger partial charge in [-0.25, -0.2) is 4.39 Å². The van der Waals surface area contributed by atoms with Gasteiger partial charge in [-0.05, 0) is 35.9 Å². The summed E-state index contributed by atoms with van der Waals surface area (Å²) in [6, 6.07) is 11.7. The predicted octanol–water partition coefficient (Wildman–Crippen LogP) is 4.15. The second-order valence-electron chi connectivity index (χ2n) is 3.35. The van der Waals surface area contributed by atoms with Gasteiger partial charge < -0.3 is 4.74 Å². The molecule has 0 saturated carbocycles. The molecule has 82 valence electrons. The number of rotatable bonds is 2. The Morgan fingerprint density at radius 1 is 1.06 bits per heavy atom. The monoisotopic (exact) mass is 236 g/mol. The average Bonchev–Trinajstić information content (AvgIpc) is 2.32. The number of benzene rings is 2. The van der Waals surface area contributed by atoms with Crippen molar-refractivity contribution >= 4 is 11.6 Å². The molecule has 0 fully saturated rings. The lowest BCUT2D eigenvalue weighted by Gasteiger charge is -2.05. The van der Waals surface area contributed by atoms with E-state index in [1.54, 1.807) is 37.4 Å². The van der Waals surface area contributed by atoms with Crippen molar-refractivity contribution in [3.05, 3.63) is 53.3 Å². The van der Waals surface area contributed by atoms with E-state index in [0.717, 1.165) is 11.3 Å². The fraction of sp³-hybridized carbons (Fsp3) is 0.0769. The van der Waals surface area contributed by atoms with Crippen molar-refractivity contribution in [1.29, 1.82) is 0 Å². The molecule has 0 spiro atoms. The lowest BCUT2D eigenvalue weighted by molar-refractivity contribution is 0.415. The van der Waals surface area contributed by atoms with Gasteiger partial charge in [0.15, 0.2) is 0 Å². The van der Waals surface area contributed by atoms with Crippen molar-refractivity contribution < 1.29 is 9.13 Å². The summed E-state index contributed by atoms with van der Waals surface area (Å²) in [7, 11) is 1.59. The number of methoxy groups -OCH3 is 1. The Bertz CT molecular complexity index is 494. The van der Waals surface area contributed by atoms with Gasteiger partial charge in [0, 0.05) is 10.6 Å². The molecule has 0 N–H and O–H groups in total. The van der Waals surface area contributed by atoms with Crippen molar-refractivity contribution in [3.63, 3.8) is 0 Å². The molecule has 0 unspecified atom stereocenters. The first kappa shape index (κ1) is 11.0. The molecule has 0 amide bonds. The molecule has 0 aliphatic carbocycles. The third-order valence-electron chi connectivity index (χ3n) is 2.33. The van der Waals surface area contributed by atoms with E-state index in [2.05, 4.69) is 0 Å². The predicted molar refractivity (Wildman–Crippen MR) is 63.4 cm³/mol. The van der Waals surface area contributed by atoms with Crippen molar-refractivity contribution in [2.75, 3.05) is 7.11 Å². The SMILES string of the molecule is COc1ccc(-c2cc(Cl)ccc2F)cc1. The molecule has 0 bridgehead atoms. The molecule has 0 radical (unpaired) electrons. The van der Waals surface area contributed by atoms with Crippen LogP contribution < -0.4 is 4.74 Å². The minimum absolute atomic E-state index is 0.283. The summed E-state index contributed by atoms with van der Waals surface area (Å²) in [5.41, 5.74) is 1.27. The van der Waals surface area contributed by atoms with Gasteiger partial charge in [-0.3, -0.25) is 0 Å².